The van der Waals surface area contributed by atoms with E-state index in [2.05, 4.69) is 52.9 Å². The predicted octanol–water partition coefficient (Wildman–Crippen LogP) is 4.51. The minimum Gasteiger partial charge on any atom is -0.358 e. The normalized spacial score (nSPS) is 27.5. The Hall–Kier alpha value is -1.97. The maximum Gasteiger partial charge on any atom is 0.320 e. The Bertz CT molecular complexity index is 846. The molecule has 5 rings (SSSR count). The second-order valence-corrected chi connectivity index (χ2v) is 8.97. The Morgan fingerprint density at radius 2 is 1.88 bits per heavy atom. The van der Waals surface area contributed by atoms with Gasteiger partial charge in [-0.1, -0.05) is 32.0 Å². The average Bonchev–Trinajstić information content (AvgIpc) is 2.99. The summed E-state index contributed by atoms with van der Waals surface area (Å²) < 4.78 is 0. The Morgan fingerprint density at radius 3 is 2.69 bits per heavy atom. The van der Waals surface area contributed by atoms with Gasteiger partial charge in [-0.15, -0.1) is 0 Å². The van der Waals surface area contributed by atoms with Gasteiger partial charge in [-0.25, -0.2) is 4.79 Å². The Morgan fingerprint density at radius 1 is 1.12 bits per heavy atom. The van der Waals surface area contributed by atoms with Crippen LogP contribution in [0.25, 0.3) is 10.9 Å². The van der Waals surface area contributed by atoms with Crippen molar-refractivity contribution in [1.29, 1.82) is 0 Å². The molecular weight excluding hydrogens is 322 g/mol. The SMILES string of the molecule is CC1(C)[C@@H]2Cc3[nH]c4ccccc4c3[C@@H]1CCN2C(=O)N1CCCCC1. The largest absolute Gasteiger partial charge is 0.358 e. The number of rotatable bonds is 0. The van der Waals surface area contributed by atoms with Gasteiger partial charge in [0.25, 0.3) is 0 Å². The second-order valence-electron chi connectivity index (χ2n) is 8.97. The van der Waals surface area contributed by atoms with E-state index >= 15 is 0 Å². The van der Waals surface area contributed by atoms with Crippen LogP contribution >= 0.6 is 0 Å². The molecule has 0 saturated carbocycles. The standard InChI is InChI=1S/C22H29N3O/c1-22(2)16-10-13-25(21(26)24-11-6-3-7-12-24)19(22)14-18-20(16)15-8-4-5-9-17(15)23-18/h4-5,8-9,16,19,23H,3,6-7,10-14H2,1-2H3/t16-,19-/m0/s1. The summed E-state index contributed by atoms with van der Waals surface area (Å²) in [5.74, 6) is 0.526. The minimum absolute atomic E-state index is 0.113. The van der Waals surface area contributed by atoms with Gasteiger partial charge in [-0.05, 0) is 48.6 Å². The number of carbonyl (C=O) groups excluding carboxylic acids is 1. The van der Waals surface area contributed by atoms with Gasteiger partial charge >= 0.3 is 6.03 Å². The van der Waals surface area contributed by atoms with Gasteiger partial charge in [0.05, 0.1) is 0 Å². The van der Waals surface area contributed by atoms with Crippen molar-refractivity contribution in [2.24, 2.45) is 5.41 Å². The van der Waals surface area contributed by atoms with Gasteiger partial charge in [-0.2, -0.15) is 0 Å². The summed E-state index contributed by atoms with van der Waals surface area (Å²) in [6.07, 6.45) is 5.59. The summed E-state index contributed by atoms with van der Waals surface area (Å²) in [6.45, 7) is 7.52. The Labute approximate surface area is 155 Å². The van der Waals surface area contributed by atoms with Crippen LogP contribution in [0.15, 0.2) is 24.3 Å². The zero-order valence-corrected chi connectivity index (χ0v) is 15.9. The van der Waals surface area contributed by atoms with E-state index in [0.717, 1.165) is 45.3 Å². The number of hydrogen-bond acceptors (Lipinski definition) is 1. The van der Waals surface area contributed by atoms with E-state index in [1.807, 2.05) is 0 Å². The Balaban J connectivity index is 1.53. The molecule has 3 aliphatic rings. The number of hydrogen-bond donors (Lipinski definition) is 1. The molecule has 2 amide bonds. The molecule has 4 nitrogen and oxygen atoms in total. The highest BCUT2D eigenvalue weighted by atomic mass is 16.2. The van der Waals surface area contributed by atoms with Crippen LogP contribution in [-0.4, -0.2) is 46.5 Å². The molecule has 1 N–H and O–H groups in total. The van der Waals surface area contributed by atoms with E-state index in [1.54, 1.807) is 0 Å². The summed E-state index contributed by atoms with van der Waals surface area (Å²) in [5.41, 5.74) is 4.24. The summed E-state index contributed by atoms with van der Waals surface area (Å²) in [5, 5.41) is 1.38. The molecule has 1 aromatic heterocycles. The maximum atomic E-state index is 13.3. The first kappa shape index (κ1) is 16.2. The molecular formula is C22H29N3O. The smallest absolute Gasteiger partial charge is 0.320 e. The molecule has 26 heavy (non-hydrogen) atoms. The van der Waals surface area contributed by atoms with Gasteiger partial charge in [0.1, 0.15) is 0 Å². The summed E-state index contributed by atoms with van der Waals surface area (Å²) >= 11 is 0. The third-order valence-corrected chi connectivity index (χ3v) is 7.24. The number of aromatic nitrogens is 1. The highest BCUT2D eigenvalue weighted by molar-refractivity contribution is 5.86. The van der Waals surface area contributed by atoms with Crippen molar-refractivity contribution in [3.05, 3.63) is 35.5 Å². The van der Waals surface area contributed by atoms with Crippen molar-refractivity contribution in [1.82, 2.24) is 14.8 Å². The summed E-state index contributed by atoms with van der Waals surface area (Å²) in [4.78, 5) is 21.2. The zero-order valence-electron chi connectivity index (χ0n) is 15.9. The lowest BCUT2D eigenvalue weighted by Crippen LogP contribution is -2.61. The van der Waals surface area contributed by atoms with Crippen LogP contribution in [0.1, 0.15) is 56.7 Å². The molecule has 4 heteroatoms. The van der Waals surface area contributed by atoms with Gasteiger partial charge in [0.15, 0.2) is 0 Å². The molecule has 2 fully saturated rings. The number of carbonyl (C=O) groups is 1. The lowest BCUT2D eigenvalue weighted by Gasteiger charge is -2.55. The van der Waals surface area contributed by atoms with Crippen LogP contribution in [0.2, 0.25) is 0 Å². The highest BCUT2D eigenvalue weighted by Gasteiger charge is 2.51. The number of aromatic amines is 1. The number of urea groups is 1. The number of para-hydroxylation sites is 1. The van der Waals surface area contributed by atoms with Crippen LogP contribution in [0.4, 0.5) is 4.79 Å². The third-order valence-electron chi connectivity index (χ3n) is 7.24. The van der Waals surface area contributed by atoms with Crippen LogP contribution in [0, 0.1) is 5.41 Å². The molecule has 2 atom stereocenters. The molecule has 1 aromatic carbocycles. The van der Waals surface area contributed by atoms with E-state index in [9.17, 15) is 4.79 Å². The lowest BCUT2D eigenvalue weighted by molar-refractivity contribution is 0.0189. The first-order chi connectivity index (χ1) is 12.6. The number of nitrogens with one attached hydrogen (secondary N) is 1. The molecule has 2 saturated heterocycles. The van der Waals surface area contributed by atoms with Gasteiger partial charge in [0.2, 0.25) is 0 Å². The van der Waals surface area contributed by atoms with E-state index in [-0.39, 0.29) is 17.5 Å². The molecule has 2 bridgehead atoms. The molecule has 0 radical (unpaired) electrons. The first-order valence-electron chi connectivity index (χ1n) is 10.2. The van der Waals surface area contributed by atoms with E-state index in [4.69, 9.17) is 0 Å². The van der Waals surface area contributed by atoms with Gasteiger partial charge in [0, 0.05) is 48.7 Å². The number of likely N-dealkylation sites (tertiary alicyclic amines) is 2. The van der Waals surface area contributed by atoms with Crippen molar-refractivity contribution in [3.63, 3.8) is 0 Å². The molecule has 0 unspecified atom stereocenters. The fraction of sp³-hybridized carbons (Fsp3) is 0.591. The summed E-state index contributed by atoms with van der Waals surface area (Å²) in [6, 6.07) is 9.25. The maximum absolute atomic E-state index is 13.3. The monoisotopic (exact) mass is 351 g/mol. The van der Waals surface area contributed by atoms with Crippen molar-refractivity contribution in [3.8, 4) is 0 Å². The number of H-pyrrole nitrogens is 1. The van der Waals surface area contributed by atoms with Crippen LogP contribution < -0.4 is 0 Å². The minimum atomic E-state index is 0.113. The fourth-order valence-electron chi connectivity index (χ4n) is 5.79. The molecule has 0 spiro atoms. The molecule has 2 aromatic rings. The Kier molecular flexibility index (Phi) is 3.60. The summed E-state index contributed by atoms with van der Waals surface area (Å²) in [7, 11) is 0. The number of piperidine rings is 2. The van der Waals surface area contributed by atoms with E-state index in [1.165, 1.54) is 28.6 Å². The number of amides is 2. The first-order valence-corrected chi connectivity index (χ1v) is 10.2. The molecule has 138 valence electrons. The van der Waals surface area contributed by atoms with Crippen molar-refractivity contribution in [2.45, 2.75) is 57.9 Å². The van der Waals surface area contributed by atoms with Crippen LogP contribution in [-0.2, 0) is 6.42 Å². The predicted molar refractivity (Wildman–Crippen MR) is 104 cm³/mol. The van der Waals surface area contributed by atoms with Crippen molar-refractivity contribution >= 4 is 16.9 Å². The number of benzene rings is 1. The third kappa shape index (κ3) is 2.23. The second kappa shape index (κ2) is 5.77. The van der Waals surface area contributed by atoms with Crippen LogP contribution in [0.3, 0.4) is 0 Å². The van der Waals surface area contributed by atoms with Crippen molar-refractivity contribution in [2.75, 3.05) is 19.6 Å². The van der Waals surface area contributed by atoms with Crippen LogP contribution in [0.5, 0.6) is 0 Å². The fourth-order valence-corrected chi connectivity index (χ4v) is 5.79. The van der Waals surface area contributed by atoms with E-state index < -0.39 is 0 Å². The molecule has 3 heterocycles. The molecule has 1 aliphatic carbocycles. The van der Waals surface area contributed by atoms with Gasteiger partial charge < -0.3 is 14.8 Å². The quantitative estimate of drug-likeness (QED) is 0.745. The number of nitrogens with zero attached hydrogens (tertiary/aromatic N) is 2. The zero-order chi connectivity index (χ0) is 17.9. The number of fused-ring (bicyclic) bond motifs is 6. The van der Waals surface area contributed by atoms with Crippen molar-refractivity contribution < 1.29 is 4.79 Å². The lowest BCUT2D eigenvalue weighted by atomic mass is 9.60. The van der Waals surface area contributed by atoms with E-state index in [0.29, 0.717) is 5.92 Å². The topological polar surface area (TPSA) is 39.3 Å². The van der Waals surface area contributed by atoms with Gasteiger partial charge in [-0.3, -0.25) is 0 Å². The average molecular weight is 351 g/mol. The highest BCUT2D eigenvalue weighted by Crippen LogP contribution is 2.53. The molecule has 2 aliphatic heterocycles.